The first-order valence-electron chi connectivity index (χ1n) is 6.19. The lowest BCUT2D eigenvalue weighted by atomic mass is 10.1. The normalized spacial score (nSPS) is 10.5. The third-order valence-corrected chi connectivity index (χ3v) is 3.00. The van der Waals surface area contributed by atoms with Crippen LogP contribution < -0.4 is 0 Å². The quantitative estimate of drug-likeness (QED) is 0.793. The molecule has 0 bridgehead atoms. The number of carboxylic acid groups (broad SMARTS) is 1. The highest BCUT2D eigenvalue weighted by atomic mass is 19.1. The maximum absolute atomic E-state index is 13.7. The Balaban J connectivity index is 2.01. The van der Waals surface area contributed by atoms with Gasteiger partial charge in [-0.25, -0.2) is 14.2 Å². The molecule has 0 aliphatic carbocycles. The first-order valence-corrected chi connectivity index (χ1v) is 6.19. The smallest absolute Gasteiger partial charge is 0.335 e. The predicted octanol–water partition coefficient (Wildman–Crippen LogP) is 3.85. The molecule has 3 rings (SSSR count). The van der Waals surface area contributed by atoms with Crippen LogP contribution in [0, 0.1) is 5.82 Å². The molecule has 0 atom stereocenters. The van der Waals surface area contributed by atoms with Crippen LogP contribution in [0.3, 0.4) is 0 Å². The van der Waals surface area contributed by atoms with Crippen molar-refractivity contribution in [3.63, 3.8) is 0 Å². The standard InChI is InChI=1S/C16H10FNO3/c17-13-7-2-1-6-12(13)14-9-18-15(21-14)10-4-3-5-11(8-10)16(19)20/h1-9H,(H,19,20). The van der Waals surface area contributed by atoms with Gasteiger partial charge in [0.25, 0.3) is 0 Å². The molecule has 0 aliphatic rings. The van der Waals surface area contributed by atoms with Crippen LogP contribution in [0.25, 0.3) is 22.8 Å². The molecular formula is C16H10FNO3. The third kappa shape index (κ3) is 2.53. The van der Waals surface area contributed by atoms with Crippen molar-refractivity contribution in [2.75, 3.05) is 0 Å². The highest BCUT2D eigenvalue weighted by Crippen LogP contribution is 2.28. The van der Waals surface area contributed by atoms with Crippen LogP contribution in [-0.4, -0.2) is 16.1 Å². The second kappa shape index (κ2) is 5.20. The zero-order valence-electron chi connectivity index (χ0n) is 10.8. The van der Waals surface area contributed by atoms with E-state index in [1.165, 1.54) is 24.4 Å². The minimum Gasteiger partial charge on any atom is -0.478 e. The summed E-state index contributed by atoms with van der Waals surface area (Å²) in [4.78, 5) is 15.0. The Hall–Kier alpha value is -2.95. The second-order valence-electron chi connectivity index (χ2n) is 4.40. The summed E-state index contributed by atoms with van der Waals surface area (Å²) < 4.78 is 19.2. The average molecular weight is 283 g/mol. The fourth-order valence-corrected chi connectivity index (χ4v) is 1.98. The van der Waals surface area contributed by atoms with E-state index in [1.807, 2.05) is 0 Å². The highest BCUT2D eigenvalue weighted by Gasteiger charge is 2.13. The lowest BCUT2D eigenvalue weighted by Crippen LogP contribution is -1.95. The van der Waals surface area contributed by atoms with Crippen LogP contribution in [0.2, 0.25) is 0 Å². The van der Waals surface area contributed by atoms with Gasteiger partial charge in [-0.3, -0.25) is 0 Å². The van der Waals surface area contributed by atoms with Crippen molar-refractivity contribution < 1.29 is 18.7 Å². The molecule has 0 amide bonds. The van der Waals surface area contributed by atoms with Gasteiger partial charge in [-0.2, -0.15) is 0 Å². The Morgan fingerprint density at radius 2 is 1.95 bits per heavy atom. The van der Waals surface area contributed by atoms with Gasteiger partial charge >= 0.3 is 5.97 Å². The van der Waals surface area contributed by atoms with Gasteiger partial charge in [-0.05, 0) is 30.3 Å². The number of aromatic nitrogens is 1. The average Bonchev–Trinajstić information content (AvgIpc) is 2.97. The van der Waals surface area contributed by atoms with Crippen molar-refractivity contribution in [2.24, 2.45) is 0 Å². The molecule has 2 aromatic carbocycles. The van der Waals surface area contributed by atoms with Crippen molar-refractivity contribution >= 4 is 5.97 Å². The summed E-state index contributed by atoms with van der Waals surface area (Å²) in [5.41, 5.74) is 0.973. The maximum Gasteiger partial charge on any atom is 0.335 e. The van der Waals surface area contributed by atoms with Crippen molar-refractivity contribution in [1.29, 1.82) is 0 Å². The lowest BCUT2D eigenvalue weighted by Gasteiger charge is -1.99. The van der Waals surface area contributed by atoms with E-state index in [0.29, 0.717) is 16.9 Å². The summed E-state index contributed by atoms with van der Waals surface area (Å²) in [6, 6.07) is 12.4. The maximum atomic E-state index is 13.7. The Bertz CT molecular complexity index is 811. The molecule has 5 heteroatoms. The van der Waals surface area contributed by atoms with E-state index in [9.17, 15) is 9.18 Å². The first kappa shape index (κ1) is 13.1. The number of oxazole rings is 1. The van der Waals surface area contributed by atoms with Crippen LogP contribution in [0.15, 0.2) is 59.1 Å². The third-order valence-electron chi connectivity index (χ3n) is 3.00. The Morgan fingerprint density at radius 3 is 2.71 bits per heavy atom. The molecule has 0 spiro atoms. The molecule has 0 unspecified atom stereocenters. The summed E-state index contributed by atoms with van der Waals surface area (Å²) in [5, 5.41) is 8.98. The van der Waals surface area contributed by atoms with Gasteiger partial charge < -0.3 is 9.52 Å². The predicted molar refractivity (Wildman–Crippen MR) is 74.3 cm³/mol. The van der Waals surface area contributed by atoms with E-state index >= 15 is 0 Å². The number of benzene rings is 2. The van der Waals surface area contributed by atoms with E-state index in [4.69, 9.17) is 9.52 Å². The van der Waals surface area contributed by atoms with Gasteiger partial charge in [0.15, 0.2) is 5.76 Å². The molecule has 1 heterocycles. The number of aromatic carboxylic acids is 1. The first-order chi connectivity index (χ1) is 10.1. The number of nitrogens with zero attached hydrogens (tertiary/aromatic N) is 1. The molecule has 104 valence electrons. The fourth-order valence-electron chi connectivity index (χ4n) is 1.98. The van der Waals surface area contributed by atoms with Crippen LogP contribution in [0.5, 0.6) is 0 Å². The summed E-state index contributed by atoms with van der Waals surface area (Å²) in [7, 11) is 0. The van der Waals surface area contributed by atoms with Crippen molar-refractivity contribution in [2.45, 2.75) is 0 Å². The Labute approximate surface area is 119 Å². The molecule has 0 aliphatic heterocycles. The number of hydrogen-bond donors (Lipinski definition) is 1. The topological polar surface area (TPSA) is 63.3 Å². The summed E-state index contributed by atoms with van der Waals surface area (Å²) in [6.45, 7) is 0. The van der Waals surface area contributed by atoms with Gasteiger partial charge in [0.1, 0.15) is 5.82 Å². The molecule has 1 N–H and O–H groups in total. The van der Waals surface area contributed by atoms with Crippen LogP contribution in [0.4, 0.5) is 4.39 Å². The van der Waals surface area contributed by atoms with E-state index < -0.39 is 11.8 Å². The Kier molecular flexibility index (Phi) is 3.23. The van der Waals surface area contributed by atoms with E-state index in [1.54, 1.807) is 30.3 Å². The Morgan fingerprint density at radius 1 is 1.14 bits per heavy atom. The molecule has 0 saturated heterocycles. The lowest BCUT2D eigenvalue weighted by molar-refractivity contribution is 0.0697. The van der Waals surface area contributed by atoms with Crippen molar-refractivity contribution in [3.8, 4) is 22.8 Å². The number of hydrogen-bond acceptors (Lipinski definition) is 3. The zero-order chi connectivity index (χ0) is 14.8. The summed E-state index contributed by atoms with van der Waals surface area (Å²) >= 11 is 0. The monoisotopic (exact) mass is 283 g/mol. The SMILES string of the molecule is O=C(O)c1cccc(-c2ncc(-c3ccccc3F)o2)c1. The molecule has 3 aromatic rings. The minimum atomic E-state index is -1.03. The van der Waals surface area contributed by atoms with Crippen LogP contribution in [-0.2, 0) is 0 Å². The van der Waals surface area contributed by atoms with E-state index in [0.717, 1.165) is 0 Å². The van der Waals surface area contributed by atoms with Gasteiger partial charge in [0.2, 0.25) is 5.89 Å². The number of carbonyl (C=O) groups is 1. The molecule has 4 nitrogen and oxygen atoms in total. The molecule has 1 aromatic heterocycles. The van der Waals surface area contributed by atoms with E-state index in [-0.39, 0.29) is 11.5 Å². The van der Waals surface area contributed by atoms with Gasteiger partial charge in [-0.15, -0.1) is 0 Å². The zero-order valence-corrected chi connectivity index (χ0v) is 10.8. The fraction of sp³-hybridized carbons (Fsp3) is 0. The summed E-state index contributed by atoms with van der Waals surface area (Å²) in [6.07, 6.45) is 1.42. The molecular weight excluding hydrogens is 273 g/mol. The molecule has 0 fully saturated rings. The van der Waals surface area contributed by atoms with Gasteiger partial charge in [0.05, 0.1) is 17.3 Å². The molecule has 0 radical (unpaired) electrons. The number of halogens is 1. The minimum absolute atomic E-state index is 0.137. The van der Waals surface area contributed by atoms with E-state index in [2.05, 4.69) is 4.98 Å². The molecule has 21 heavy (non-hydrogen) atoms. The highest BCUT2D eigenvalue weighted by molar-refractivity contribution is 5.89. The molecule has 0 saturated carbocycles. The van der Waals surface area contributed by atoms with Crippen LogP contribution in [0.1, 0.15) is 10.4 Å². The second-order valence-corrected chi connectivity index (χ2v) is 4.40. The van der Waals surface area contributed by atoms with Gasteiger partial charge in [0, 0.05) is 5.56 Å². The van der Waals surface area contributed by atoms with Crippen molar-refractivity contribution in [1.82, 2.24) is 4.98 Å². The van der Waals surface area contributed by atoms with Gasteiger partial charge in [-0.1, -0.05) is 18.2 Å². The number of rotatable bonds is 3. The van der Waals surface area contributed by atoms with Crippen molar-refractivity contribution in [3.05, 3.63) is 66.1 Å². The summed E-state index contributed by atoms with van der Waals surface area (Å²) in [5.74, 6) is -0.891. The van der Waals surface area contributed by atoms with Crippen LogP contribution >= 0.6 is 0 Å². The number of carboxylic acids is 1. The largest absolute Gasteiger partial charge is 0.478 e.